The third-order valence-corrected chi connectivity index (χ3v) is 6.56. The Morgan fingerprint density at radius 3 is 2.45 bits per heavy atom. The Morgan fingerprint density at radius 2 is 1.79 bits per heavy atom. The van der Waals surface area contributed by atoms with Gasteiger partial charge in [0.1, 0.15) is 17.3 Å². The summed E-state index contributed by atoms with van der Waals surface area (Å²) in [6.07, 6.45) is 3.28. The molecule has 0 saturated carbocycles. The van der Waals surface area contributed by atoms with Crippen LogP contribution in [0.4, 0.5) is 4.39 Å². The maximum absolute atomic E-state index is 12.2. The molecule has 0 saturated heterocycles. The summed E-state index contributed by atoms with van der Waals surface area (Å²) in [5.41, 5.74) is 4.35. The number of halogens is 2. The number of unbranched alkanes of at least 4 members (excludes halogenated alkanes) is 1. The number of aromatic nitrogens is 1. The zero-order chi connectivity index (χ0) is 26.2. The first kappa shape index (κ1) is 29.0. The van der Waals surface area contributed by atoms with Crippen LogP contribution in [-0.4, -0.2) is 53.7 Å². The highest BCUT2D eigenvalue weighted by atomic mass is 35.5. The van der Waals surface area contributed by atoms with Crippen molar-refractivity contribution >= 4 is 28.9 Å². The number of nitrogens with zero attached hydrogens (tertiary/aromatic N) is 1. The SMILES string of the molecule is COc1ccc(F)cc1.O.O=CN1CCc2c([nH]c3ccc(Cl)cc23)[C@@H]1c1ccc(OCCCCO)cc1. The second-order valence-corrected chi connectivity index (χ2v) is 9.15. The van der Waals surface area contributed by atoms with Gasteiger partial charge in [-0.3, -0.25) is 4.79 Å². The Balaban J connectivity index is 0.000000341. The number of aromatic amines is 1. The Kier molecular flexibility index (Phi) is 10.5. The summed E-state index contributed by atoms with van der Waals surface area (Å²) in [6, 6.07) is 19.5. The van der Waals surface area contributed by atoms with Gasteiger partial charge >= 0.3 is 0 Å². The molecule has 1 aromatic heterocycles. The molecule has 0 spiro atoms. The summed E-state index contributed by atoms with van der Waals surface area (Å²) >= 11 is 6.20. The Bertz CT molecular complexity index is 1310. The van der Waals surface area contributed by atoms with Crippen LogP contribution in [0.25, 0.3) is 10.9 Å². The van der Waals surface area contributed by atoms with Crippen molar-refractivity contribution in [3.05, 3.63) is 94.4 Å². The largest absolute Gasteiger partial charge is 0.497 e. The fourth-order valence-corrected chi connectivity index (χ4v) is 4.64. The smallest absolute Gasteiger partial charge is 0.210 e. The van der Waals surface area contributed by atoms with Gasteiger partial charge < -0.3 is 29.9 Å². The van der Waals surface area contributed by atoms with Gasteiger partial charge in [-0.15, -0.1) is 0 Å². The molecular weight excluding hydrogens is 511 g/mol. The molecule has 1 aliphatic heterocycles. The number of fused-ring (bicyclic) bond motifs is 3. The highest BCUT2D eigenvalue weighted by Crippen LogP contribution is 2.38. The molecule has 3 aromatic carbocycles. The molecule has 0 unspecified atom stereocenters. The first-order valence-corrected chi connectivity index (χ1v) is 12.6. The summed E-state index contributed by atoms with van der Waals surface area (Å²) in [4.78, 5) is 17.1. The van der Waals surface area contributed by atoms with Crippen molar-refractivity contribution in [2.24, 2.45) is 0 Å². The molecule has 0 aliphatic carbocycles. The van der Waals surface area contributed by atoms with Crippen molar-refractivity contribution in [1.29, 1.82) is 0 Å². The molecule has 0 radical (unpaired) electrons. The summed E-state index contributed by atoms with van der Waals surface area (Å²) in [6.45, 7) is 1.43. The highest BCUT2D eigenvalue weighted by molar-refractivity contribution is 6.31. The van der Waals surface area contributed by atoms with Gasteiger partial charge in [-0.2, -0.15) is 0 Å². The molecule has 202 valence electrons. The van der Waals surface area contributed by atoms with E-state index in [1.165, 1.54) is 17.7 Å². The van der Waals surface area contributed by atoms with E-state index >= 15 is 0 Å². The van der Waals surface area contributed by atoms with Crippen LogP contribution in [0.2, 0.25) is 5.02 Å². The van der Waals surface area contributed by atoms with Crippen LogP contribution in [0.15, 0.2) is 66.7 Å². The average molecular weight is 543 g/mol. The maximum atomic E-state index is 12.2. The minimum atomic E-state index is -0.240. The molecule has 7 nitrogen and oxygen atoms in total. The van der Waals surface area contributed by atoms with Gasteiger partial charge in [0, 0.05) is 34.8 Å². The van der Waals surface area contributed by atoms with Crippen molar-refractivity contribution in [2.45, 2.75) is 25.3 Å². The molecule has 5 rings (SSSR count). The van der Waals surface area contributed by atoms with Gasteiger partial charge in [0.25, 0.3) is 0 Å². The number of aliphatic hydroxyl groups is 1. The average Bonchev–Trinajstić information content (AvgIpc) is 3.29. The van der Waals surface area contributed by atoms with Gasteiger partial charge in [-0.05, 0) is 85.0 Å². The van der Waals surface area contributed by atoms with Crippen LogP contribution in [0.1, 0.15) is 35.7 Å². The Hall–Kier alpha value is -3.59. The highest BCUT2D eigenvalue weighted by Gasteiger charge is 2.31. The quantitative estimate of drug-likeness (QED) is 0.239. The van der Waals surface area contributed by atoms with Gasteiger partial charge in [0.2, 0.25) is 6.41 Å². The Morgan fingerprint density at radius 1 is 1.08 bits per heavy atom. The number of aliphatic hydroxyl groups excluding tert-OH is 1. The van der Waals surface area contributed by atoms with E-state index < -0.39 is 0 Å². The number of nitrogens with one attached hydrogen (secondary N) is 1. The molecule has 1 atom stereocenters. The first-order valence-electron chi connectivity index (χ1n) is 12.2. The lowest BCUT2D eigenvalue weighted by Crippen LogP contribution is -2.34. The van der Waals surface area contributed by atoms with Crippen LogP contribution in [0.5, 0.6) is 11.5 Å². The molecular formula is C29H32ClFN2O5. The number of H-pyrrole nitrogens is 1. The number of amides is 1. The van der Waals surface area contributed by atoms with E-state index in [0.717, 1.165) is 53.6 Å². The van der Waals surface area contributed by atoms with Crippen LogP contribution in [0, 0.1) is 5.82 Å². The summed E-state index contributed by atoms with van der Waals surface area (Å²) < 4.78 is 22.7. The van der Waals surface area contributed by atoms with Crippen molar-refractivity contribution in [2.75, 3.05) is 26.9 Å². The molecule has 9 heteroatoms. The summed E-state index contributed by atoms with van der Waals surface area (Å²) in [7, 11) is 1.55. The molecule has 1 aliphatic rings. The van der Waals surface area contributed by atoms with Crippen LogP contribution < -0.4 is 9.47 Å². The molecule has 0 fully saturated rings. The maximum Gasteiger partial charge on any atom is 0.210 e. The van der Waals surface area contributed by atoms with E-state index in [1.807, 2.05) is 47.4 Å². The number of hydrogen-bond donors (Lipinski definition) is 2. The summed E-state index contributed by atoms with van der Waals surface area (Å²) in [5.74, 6) is 1.23. The van der Waals surface area contributed by atoms with Crippen molar-refractivity contribution < 1.29 is 29.2 Å². The minimum absolute atomic E-state index is 0. The van der Waals surface area contributed by atoms with Crippen molar-refractivity contribution in [3.63, 3.8) is 0 Å². The number of rotatable bonds is 8. The number of benzene rings is 3. The van der Waals surface area contributed by atoms with Gasteiger partial charge in [0.05, 0.1) is 19.8 Å². The zero-order valence-corrected chi connectivity index (χ0v) is 21.9. The van der Waals surface area contributed by atoms with Gasteiger partial charge in [-0.1, -0.05) is 23.7 Å². The normalized spacial score (nSPS) is 14.1. The third kappa shape index (κ3) is 6.83. The fourth-order valence-electron chi connectivity index (χ4n) is 4.47. The second-order valence-electron chi connectivity index (χ2n) is 8.71. The Labute approximate surface area is 226 Å². The monoisotopic (exact) mass is 542 g/mol. The predicted octanol–water partition coefficient (Wildman–Crippen LogP) is 5.09. The van der Waals surface area contributed by atoms with E-state index in [1.54, 1.807) is 19.2 Å². The first-order chi connectivity index (χ1) is 18.0. The second kappa shape index (κ2) is 13.8. The summed E-state index contributed by atoms with van der Waals surface area (Å²) in [5, 5.41) is 10.7. The predicted molar refractivity (Wildman–Crippen MR) is 146 cm³/mol. The van der Waals surface area contributed by atoms with E-state index in [9.17, 15) is 9.18 Å². The van der Waals surface area contributed by atoms with Crippen LogP contribution in [0.3, 0.4) is 0 Å². The molecule has 4 N–H and O–H groups in total. The van der Waals surface area contributed by atoms with Crippen molar-refractivity contribution in [3.8, 4) is 11.5 Å². The van der Waals surface area contributed by atoms with Crippen molar-refractivity contribution in [1.82, 2.24) is 9.88 Å². The zero-order valence-electron chi connectivity index (χ0n) is 21.1. The lowest BCUT2D eigenvalue weighted by atomic mass is 9.93. The van der Waals surface area contributed by atoms with Crippen LogP contribution in [-0.2, 0) is 11.2 Å². The van der Waals surface area contributed by atoms with Gasteiger partial charge in [0.15, 0.2) is 0 Å². The molecule has 38 heavy (non-hydrogen) atoms. The molecule has 0 bridgehead atoms. The third-order valence-electron chi connectivity index (χ3n) is 6.33. The van der Waals surface area contributed by atoms with E-state index in [0.29, 0.717) is 23.9 Å². The lowest BCUT2D eigenvalue weighted by molar-refractivity contribution is -0.120. The van der Waals surface area contributed by atoms with E-state index in [-0.39, 0.29) is 23.9 Å². The standard InChI is InChI=1S/C22H23ClN2O3.C7H7FO.H2O/c23-16-5-8-20-19(13-16)18-9-10-25(14-27)22(21(18)24-20)15-3-6-17(7-4-15)28-12-2-1-11-26;1-9-7-4-2-6(8)3-5-7;/h3-8,13-14,22,24,26H,1-2,9-12H2;2-5H,1H3;1H2/t22-;;/m0../s1. The van der Waals surface area contributed by atoms with E-state index in [2.05, 4.69) is 4.98 Å². The molecule has 4 aromatic rings. The molecule has 1 amide bonds. The van der Waals surface area contributed by atoms with E-state index in [4.69, 9.17) is 26.2 Å². The minimum Gasteiger partial charge on any atom is -0.497 e. The number of hydrogen-bond acceptors (Lipinski definition) is 4. The number of carbonyl (C=O) groups excluding carboxylic acids is 1. The fraction of sp³-hybridized carbons (Fsp3) is 0.276. The number of ether oxygens (including phenoxy) is 2. The van der Waals surface area contributed by atoms with Crippen LogP contribution >= 0.6 is 11.6 Å². The van der Waals surface area contributed by atoms with Gasteiger partial charge in [-0.25, -0.2) is 4.39 Å². The topological polar surface area (TPSA) is 106 Å². The molecule has 2 heterocycles. The lowest BCUT2D eigenvalue weighted by Gasteiger charge is -2.33. The number of carbonyl (C=O) groups is 1. The number of methoxy groups -OCH3 is 1.